The number of nitrogens with zero attached hydrogens (tertiary/aromatic N) is 2. The van der Waals surface area contributed by atoms with E-state index in [9.17, 15) is 4.79 Å². The van der Waals surface area contributed by atoms with E-state index in [1.807, 2.05) is 30.3 Å². The molecule has 0 saturated heterocycles. The van der Waals surface area contributed by atoms with Gasteiger partial charge in [0.2, 0.25) is 0 Å². The summed E-state index contributed by atoms with van der Waals surface area (Å²) in [6.45, 7) is 5.76. The van der Waals surface area contributed by atoms with E-state index < -0.39 is 5.97 Å². The van der Waals surface area contributed by atoms with Crippen molar-refractivity contribution >= 4 is 23.3 Å². The Kier molecular flexibility index (Phi) is 3.71. The monoisotopic (exact) mass is 276 g/mol. The predicted molar refractivity (Wildman–Crippen MR) is 74.2 cm³/mol. The highest BCUT2D eigenvalue weighted by Gasteiger charge is 2.22. The zero-order valence-corrected chi connectivity index (χ0v) is 11.4. The van der Waals surface area contributed by atoms with Gasteiger partial charge in [0.25, 0.3) is 0 Å². The summed E-state index contributed by atoms with van der Waals surface area (Å²) in [6, 6.07) is 9.50. The average molecular weight is 277 g/mol. The number of esters is 1. The number of aromatic nitrogens is 2. The second-order valence-corrected chi connectivity index (χ2v) is 4.30. The highest BCUT2D eigenvalue weighted by molar-refractivity contribution is 6.32. The Morgan fingerprint density at radius 2 is 2.00 bits per heavy atom. The summed E-state index contributed by atoms with van der Waals surface area (Å²) < 4.78 is 6.33. The van der Waals surface area contributed by atoms with Crippen LogP contribution in [0.2, 0.25) is 5.15 Å². The molecule has 0 bridgehead atoms. The van der Waals surface area contributed by atoms with E-state index in [1.54, 1.807) is 11.5 Å². The van der Waals surface area contributed by atoms with Crippen molar-refractivity contribution in [1.82, 2.24) is 9.55 Å². The van der Waals surface area contributed by atoms with E-state index in [1.165, 1.54) is 7.11 Å². The molecule has 0 aliphatic rings. The molecule has 1 heterocycles. The fraction of sp³-hybridized carbons (Fsp3) is 0.143. The number of methoxy groups -OCH3 is 1. The van der Waals surface area contributed by atoms with Crippen molar-refractivity contribution in [2.45, 2.75) is 6.92 Å². The van der Waals surface area contributed by atoms with E-state index in [4.69, 9.17) is 16.3 Å². The molecule has 2 rings (SSSR count). The number of halogens is 1. The van der Waals surface area contributed by atoms with E-state index in [2.05, 4.69) is 11.6 Å². The van der Waals surface area contributed by atoms with Crippen molar-refractivity contribution in [3.05, 3.63) is 59.1 Å². The van der Waals surface area contributed by atoms with Crippen molar-refractivity contribution in [1.29, 1.82) is 0 Å². The minimum absolute atomic E-state index is 0.112. The van der Waals surface area contributed by atoms with Crippen molar-refractivity contribution in [3.8, 4) is 0 Å². The molecule has 0 saturated carbocycles. The zero-order valence-electron chi connectivity index (χ0n) is 10.7. The van der Waals surface area contributed by atoms with Crippen LogP contribution in [0.4, 0.5) is 0 Å². The third kappa shape index (κ3) is 2.39. The molecule has 98 valence electrons. The van der Waals surface area contributed by atoms with Gasteiger partial charge in [0.1, 0.15) is 5.82 Å². The van der Waals surface area contributed by atoms with E-state index in [0.717, 1.165) is 5.56 Å². The average Bonchev–Trinajstić information content (AvgIpc) is 2.72. The maximum atomic E-state index is 11.8. The van der Waals surface area contributed by atoms with Crippen LogP contribution in [0.5, 0.6) is 0 Å². The Morgan fingerprint density at radius 1 is 1.37 bits per heavy atom. The Labute approximate surface area is 116 Å². The van der Waals surface area contributed by atoms with Crippen LogP contribution in [-0.2, 0) is 4.74 Å². The molecular weight excluding hydrogens is 264 g/mol. The fourth-order valence-corrected chi connectivity index (χ4v) is 2.15. The summed E-state index contributed by atoms with van der Waals surface area (Å²) in [6.07, 6.45) is 0. The van der Waals surface area contributed by atoms with Crippen molar-refractivity contribution in [2.24, 2.45) is 0 Å². The molecule has 2 aromatic rings. The lowest BCUT2D eigenvalue weighted by Crippen LogP contribution is -2.12. The lowest BCUT2D eigenvalue weighted by atomic mass is 10.1. The van der Waals surface area contributed by atoms with Crippen molar-refractivity contribution in [3.63, 3.8) is 0 Å². The Hall–Kier alpha value is -2.07. The number of ether oxygens (including phenoxy) is 1. The van der Waals surface area contributed by atoms with Crippen LogP contribution < -0.4 is 0 Å². The van der Waals surface area contributed by atoms with Gasteiger partial charge in [0.05, 0.1) is 7.11 Å². The largest absolute Gasteiger partial charge is 0.464 e. The first-order chi connectivity index (χ1) is 9.06. The molecule has 0 unspecified atom stereocenters. The SMILES string of the molecule is C=C(c1ccccc1)n1c(C)nc(Cl)c1C(=O)OC. The van der Waals surface area contributed by atoms with Gasteiger partial charge in [0.15, 0.2) is 10.8 Å². The van der Waals surface area contributed by atoms with Crippen LogP contribution in [-0.4, -0.2) is 22.6 Å². The molecule has 0 amide bonds. The van der Waals surface area contributed by atoms with E-state index >= 15 is 0 Å². The van der Waals surface area contributed by atoms with Gasteiger partial charge in [-0.25, -0.2) is 9.78 Å². The molecule has 1 aromatic carbocycles. The summed E-state index contributed by atoms with van der Waals surface area (Å²) in [7, 11) is 1.30. The first-order valence-corrected chi connectivity index (χ1v) is 6.02. The zero-order chi connectivity index (χ0) is 14.0. The minimum atomic E-state index is -0.539. The van der Waals surface area contributed by atoms with Gasteiger partial charge in [-0.15, -0.1) is 0 Å². The van der Waals surface area contributed by atoms with Gasteiger partial charge in [-0.2, -0.15) is 0 Å². The molecule has 0 spiro atoms. The van der Waals surface area contributed by atoms with Crippen LogP contribution >= 0.6 is 11.6 Å². The molecular formula is C14H13ClN2O2. The van der Waals surface area contributed by atoms with Crippen LogP contribution in [0, 0.1) is 6.92 Å². The fourth-order valence-electron chi connectivity index (χ4n) is 1.86. The normalized spacial score (nSPS) is 10.3. The summed E-state index contributed by atoms with van der Waals surface area (Å²) in [5.41, 5.74) is 1.69. The second kappa shape index (κ2) is 5.28. The summed E-state index contributed by atoms with van der Waals surface area (Å²) in [4.78, 5) is 15.9. The summed E-state index contributed by atoms with van der Waals surface area (Å²) >= 11 is 5.98. The molecule has 0 radical (unpaired) electrons. The molecule has 5 heteroatoms. The number of hydrogen-bond acceptors (Lipinski definition) is 3. The van der Waals surface area contributed by atoms with Crippen LogP contribution in [0.1, 0.15) is 21.9 Å². The maximum Gasteiger partial charge on any atom is 0.358 e. The smallest absolute Gasteiger partial charge is 0.358 e. The number of carbonyl (C=O) groups is 1. The maximum absolute atomic E-state index is 11.8. The molecule has 0 N–H and O–H groups in total. The van der Waals surface area contributed by atoms with Crippen LogP contribution in [0.25, 0.3) is 5.70 Å². The number of aryl methyl sites for hydroxylation is 1. The molecule has 0 atom stereocenters. The topological polar surface area (TPSA) is 44.1 Å². The Morgan fingerprint density at radius 3 is 2.58 bits per heavy atom. The first-order valence-electron chi connectivity index (χ1n) is 5.64. The minimum Gasteiger partial charge on any atom is -0.464 e. The number of benzene rings is 1. The second-order valence-electron chi connectivity index (χ2n) is 3.94. The van der Waals surface area contributed by atoms with E-state index in [-0.39, 0.29) is 10.8 Å². The Balaban J connectivity index is 2.57. The molecule has 0 aliphatic heterocycles. The van der Waals surface area contributed by atoms with Crippen LogP contribution in [0.15, 0.2) is 36.9 Å². The lowest BCUT2D eigenvalue weighted by molar-refractivity contribution is 0.0592. The third-order valence-corrected chi connectivity index (χ3v) is 3.02. The highest BCUT2D eigenvalue weighted by Crippen LogP contribution is 2.25. The van der Waals surface area contributed by atoms with Gasteiger partial charge in [0, 0.05) is 5.70 Å². The standard InChI is InChI=1S/C14H13ClN2O2/c1-9(11-7-5-4-6-8-11)17-10(2)16-13(15)12(17)14(18)19-3/h4-8H,1H2,2-3H3. The molecule has 0 fully saturated rings. The van der Waals surface area contributed by atoms with Gasteiger partial charge >= 0.3 is 5.97 Å². The van der Waals surface area contributed by atoms with Gasteiger partial charge < -0.3 is 4.74 Å². The number of rotatable bonds is 3. The summed E-state index contributed by atoms with van der Waals surface area (Å²) in [5, 5.41) is 0.112. The number of imidazole rings is 1. The quantitative estimate of drug-likeness (QED) is 0.809. The van der Waals surface area contributed by atoms with E-state index in [0.29, 0.717) is 11.5 Å². The third-order valence-electron chi connectivity index (χ3n) is 2.76. The van der Waals surface area contributed by atoms with Gasteiger partial charge in [-0.1, -0.05) is 48.5 Å². The molecule has 4 nitrogen and oxygen atoms in total. The van der Waals surface area contributed by atoms with Crippen molar-refractivity contribution < 1.29 is 9.53 Å². The lowest BCUT2D eigenvalue weighted by Gasteiger charge is -2.12. The predicted octanol–water partition coefficient (Wildman–Crippen LogP) is 3.15. The molecule has 1 aromatic heterocycles. The molecule has 19 heavy (non-hydrogen) atoms. The van der Waals surface area contributed by atoms with Crippen molar-refractivity contribution in [2.75, 3.05) is 7.11 Å². The summed E-state index contributed by atoms with van der Waals surface area (Å²) in [5.74, 6) is 0.0435. The highest BCUT2D eigenvalue weighted by atomic mass is 35.5. The van der Waals surface area contributed by atoms with Gasteiger partial charge in [-0.05, 0) is 12.5 Å². The van der Waals surface area contributed by atoms with Crippen LogP contribution in [0.3, 0.4) is 0 Å². The first kappa shape index (κ1) is 13.4. The molecule has 0 aliphatic carbocycles. The number of carbonyl (C=O) groups excluding carboxylic acids is 1. The Bertz CT molecular complexity index is 632. The van der Waals surface area contributed by atoms with Gasteiger partial charge in [-0.3, -0.25) is 4.57 Å². The number of hydrogen-bond donors (Lipinski definition) is 0.